The van der Waals surface area contributed by atoms with Crippen molar-refractivity contribution in [3.05, 3.63) is 34.3 Å². The van der Waals surface area contributed by atoms with Crippen LogP contribution in [0, 0.1) is 5.92 Å². The zero-order valence-electron chi connectivity index (χ0n) is 10.9. The highest BCUT2D eigenvalue weighted by Crippen LogP contribution is 2.48. The van der Waals surface area contributed by atoms with E-state index < -0.39 is 0 Å². The Labute approximate surface area is 118 Å². The molecule has 0 radical (unpaired) electrons. The summed E-state index contributed by atoms with van der Waals surface area (Å²) in [7, 11) is 2.25. The lowest BCUT2D eigenvalue weighted by Gasteiger charge is -2.56. The van der Waals surface area contributed by atoms with Crippen LogP contribution in [0.2, 0.25) is 0 Å². The number of fused-ring (bicyclic) bond motifs is 3. The summed E-state index contributed by atoms with van der Waals surface area (Å²) in [5.74, 6) is 0.909. The minimum absolute atomic E-state index is 0.126. The van der Waals surface area contributed by atoms with E-state index in [1.807, 2.05) is 0 Å². The lowest BCUT2D eigenvalue weighted by molar-refractivity contribution is -0.0335. The van der Waals surface area contributed by atoms with E-state index in [2.05, 4.69) is 52.1 Å². The first-order valence-electron chi connectivity index (χ1n) is 6.84. The average Bonchev–Trinajstić information content (AvgIpc) is 2.39. The van der Waals surface area contributed by atoms with Gasteiger partial charge >= 0.3 is 0 Å². The van der Waals surface area contributed by atoms with Gasteiger partial charge in [-0.2, -0.15) is 0 Å². The van der Waals surface area contributed by atoms with Crippen molar-refractivity contribution in [3.63, 3.8) is 0 Å². The Hall–Kier alpha value is -0.380. The van der Waals surface area contributed by atoms with Gasteiger partial charge in [-0.15, -0.1) is 0 Å². The number of halogens is 1. The molecule has 98 valence electrons. The van der Waals surface area contributed by atoms with E-state index in [0.717, 1.165) is 10.4 Å². The van der Waals surface area contributed by atoms with Crippen LogP contribution < -0.4 is 5.73 Å². The van der Waals surface area contributed by atoms with Crippen molar-refractivity contribution >= 4 is 15.9 Å². The van der Waals surface area contributed by atoms with Crippen molar-refractivity contribution in [2.45, 2.75) is 37.3 Å². The van der Waals surface area contributed by atoms with Gasteiger partial charge in [0.2, 0.25) is 0 Å². The average molecular weight is 309 g/mol. The van der Waals surface area contributed by atoms with Gasteiger partial charge in [-0.25, -0.2) is 0 Å². The monoisotopic (exact) mass is 308 g/mol. The molecule has 4 rings (SSSR count). The normalized spacial score (nSPS) is 33.6. The highest BCUT2D eigenvalue weighted by Gasteiger charge is 2.48. The van der Waals surface area contributed by atoms with Gasteiger partial charge in [-0.1, -0.05) is 28.1 Å². The summed E-state index contributed by atoms with van der Waals surface area (Å²) in [6, 6.07) is 8.62. The molecule has 18 heavy (non-hydrogen) atoms. The molecule has 2 bridgehead atoms. The summed E-state index contributed by atoms with van der Waals surface area (Å²) in [6.45, 7) is 1.22. The number of benzene rings is 1. The number of nitrogens with zero attached hydrogens (tertiary/aromatic N) is 1. The van der Waals surface area contributed by atoms with E-state index in [-0.39, 0.29) is 11.6 Å². The van der Waals surface area contributed by atoms with Crippen LogP contribution in [0.5, 0.6) is 0 Å². The third-order valence-corrected chi connectivity index (χ3v) is 5.54. The molecule has 0 aromatic heterocycles. The largest absolute Gasteiger partial charge is 0.322 e. The fraction of sp³-hybridized carbons (Fsp3) is 0.600. The van der Waals surface area contributed by atoms with Crippen LogP contribution in [0.25, 0.3) is 0 Å². The summed E-state index contributed by atoms with van der Waals surface area (Å²) >= 11 is 3.55. The maximum Gasteiger partial charge on any atom is 0.0482 e. The highest BCUT2D eigenvalue weighted by molar-refractivity contribution is 9.10. The third kappa shape index (κ3) is 1.93. The van der Waals surface area contributed by atoms with Crippen LogP contribution in [-0.2, 0) is 0 Å². The molecule has 3 heteroatoms. The van der Waals surface area contributed by atoms with Crippen LogP contribution >= 0.6 is 15.9 Å². The molecule has 1 aliphatic carbocycles. The van der Waals surface area contributed by atoms with Gasteiger partial charge < -0.3 is 5.73 Å². The fourth-order valence-electron chi connectivity index (χ4n) is 3.87. The second-order valence-corrected chi connectivity index (χ2v) is 6.88. The molecule has 2 heterocycles. The Bertz CT molecular complexity index is 438. The summed E-state index contributed by atoms with van der Waals surface area (Å²) in [6.07, 6.45) is 5.21. The molecule has 2 aliphatic heterocycles. The highest BCUT2D eigenvalue weighted by atomic mass is 79.9. The first kappa shape index (κ1) is 12.6. The van der Waals surface area contributed by atoms with E-state index in [0.29, 0.717) is 0 Å². The lowest BCUT2D eigenvalue weighted by atomic mass is 9.66. The summed E-state index contributed by atoms with van der Waals surface area (Å²) in [5.41, 5.74) is 8.09. The summed E-state index contributed by atoms with van der Waals surface area (Å²) in [5, 5.41) is 0. The first-order chi connectivity index (χ1) is 8.62. The fourth-order valence-corrected chi connectivity index (χ4v) is 4.29. The van der Waals surface area contributed by atoms with Crippen molar-refractivity contribution in [2.75, 3.05) is 13.6 Å². The molecular formula is C15H21BrN2. The zero-order valence-corrected chi connectivity index (χ0v) is 12.5. The Kier molecular flexibility index (Phi) is 3.25. The summed E-state index contributed by atoms with van der Waals surface area (Å²) < 4.78 is 1.12. The van der Waals surface area contributed by atoms with E-state index in [1.165, 1.54) is 37.8 Å². The van der Waals surface area contributed by atoms with Gasteiger partial charge in [0.1, 0.15) is 0 Å². The van der Waals surface area contributed by atoms with Crippen LogP contribution in [0.15, 0.2) is 28.7 Å². The van der Waals surface area contributed by atoms with Gasteiger partial charge in [-0.05, 0) is 56.3 Å². The number of likely N-dealkylation sites (N-methyl/N-ethyl adjacent to an activating group) is 1. The minimum Gasteiger partial charge on any atom is -0.322 e. The van der Waals surface area contributed by atoms with Crippen molar-refractivity contribution in [1.82, 2.24) is 4.90 Å². The maximum atomic E-state index is 6.64. The molecular weight excluding hydrogens is 288 g/mol. The van der Waals surface area contributed by atoms with Gasteiger partial charge in [-0.3, -0.25) is 4.90 Å². The second-order valence-electron chi connectivity index (χ2n) is 5.96. The molecule has 1 atom stereocenters. The standard InChI is InChI=1S/C15H21BrN2/c1-18-10-11-5-7-15(18,8-6-11)14(17)12-3-2-4-13(16)9-12/h2-4,9,11,14H,5-8,10,17H2,1H3. The van der Waals surface area contributed by atoms with Crippen molar-refractivity contribution < 1.29 is 0 Å². The van der Waals surface area contributed by atoms with E-state index in [9.17, 15) is 0 Å². The number of rotatable bonds is 2. The van der Waals surface area contributed by atoms with E-state index >= 15 is 0 Å². The minimum atomic E-state index is 0.126. The van der Waals surface area contributed by atoms with E-state index in [4.69, 9.17) is 5.73 Å². The van der Waals surface area contributed by atoms with Gasteiger partial charge in [0.15, 0.2) is 0 Å². The Balaban J connectivity index is 1.93. The molecule has 1 aromatic rings. The first-order valence-corrected chi connectivity index (χ1v) is 7.63. The zero-order chi connectivity index (χ0) is 12.8. The molecule has 1 aromatic carbocycles. The topological polar surface area (TPSA) is 29.3 Å². The smallest absolute Gasteiger partial charge is 0.0482 e. The van der Waals surface area contributed by atoms with Crippen LogP contribution in [0.4, 0.5) is 0 Å². The van der Waals surface area contributed by atoms with Crippen molar-refractivity contribution in [2.24, 2.45) is 11.7 Å². The molecule has 2 nitrogen and oxygen atoms in total. The molecule has 3 fully saturated rings. The lowest BCUT2D eigenvalue weighted by Crippen LogP contribution is -2.61. The molecule has 0 amide bonds. The Morgan fingerprint density at radius 1 is 1.39 bits per heavy atom. The molecule has 1 unspecified atom stereocenters. The van der Waals surface area contributed by atoms with Gasteiger partial charge in [0, 0.05) is 22.6 Å². The second kappa shape index (κ2) is 4.62. The molecule has 2 N–H and O–H groups in total. The maximum absolute atomic E-state index is 6.64. The number of piperidine rings is 2. The molecule has 3 aliphatic rings. The third-order valence-electron chi connectivity index (χ3n) is 5.05. The quantitative estimate of drug-likeness (QED) is 0.908. The van der Waals surface area contributed by atoms with Crippen LogP contribution in [-0.4, -0.2) is 24.0 Å². The van der Waals surface area contributed by atoms with Gasteiger partial charge in [0.05, 0.1) is 0 Å². The summed E-state index contributed by atoms with van der Waals surface area (Å²) in [4.78, 5) is 2.52. The number of nitrogens with two attached hydrogens (primary N) is 1. The van der Waals surface area contributed by atoms with E-state index in [1.54, 1.807) is 0 Å². The van der Waals surface area contributed by atoms with Crippen LogP contribution in [0.3, 0.4) is 0 Å². The molecule has 2 saturated heterocycles. The Morgan fingerprint density at radius 2 is 2.11 bits per heavy atom. The van der Waals surface area contributed by atoms with Crippen molar-refractivity contribution in [1.29, 1.82) is 0 Å². The predicted molar refractivity (Wildman–Crippen MR) is 78.4 cm³/mol. The predicted octanol–water partition coefficient (Wildman–Crippen LogP) is 3.32. The molecule has 1 saturated carbocycles. The number of hydrogen-bond acceptors (Lipinski definition) is 2. The van der Waals surface area contributed by atoms with Crippen molar-refractivity contribution in [3.8, 4) is 0 Å². The molecule has 0 spiro atoms. The van der Waals surface area contributed by atoms with Gasteiger partial charge in [0.25, 0.3) is 0 Å². The SMILES string of the molecule is CN1CC2CCC1(C(N)c1cccc(Br)c1)CC2. The number of hydrogen-bond donors (Lipinski definition) is 1. The van der Waals surface area contributed by atoms with Crippen LogP contribution in [0.1, 0.15) is 37.3 Å². The Morgan fingerprint density at radius 3 is 2.72 bits per heavy atom.